The number of para-hydroxylation sites is 2. The van der Waals surface area contributed by atoms with E-state index in [2.05, 4.69) is 20.9 Å². The van der Waals surface area contributed by atoms with E-state index < -0.39 is 12.7 Å². The molecule has 1 aromatic carbocycles. The number of hydrogen-bond acceptors (Lipinski definition) is 3. The molecule has 3 rings (SSSR count). The van der Waals surface area contributed by atoms with Crippen LogP contribution >= 0.6 is 0 Å². The number of halogens is 3. The maximum atomic E-state index is 12.4. The molecular formula is C17H23F3N4. The van der Waals surface area contributed by atoms with E-state index in [1.165, 1.54) is 4.90 Å². The van der Waals surface area contributed by atoms with Gasteiger partial charge >= 0.3 is 6.18 Å². The second-order valence-electron chi connectivity index (χ2n) is 6.42. The standard InChI is InChI=1S/C17H23F3N4/c1-13-22-15-4-2-3-5-16(15)24(13)11-8-21-14-6-9-23(10-7-14)12-17(18,19)20/h2-5,14,21H,6-12H2,1H3. The molecule has 0 amide bonds. The molecule has 0 radical (unpaired) electrons. The fraction of sp³-hybridized carbons (Fsp3) is 0.588. The molecule has 1 aliphatic rings. The normalized spacial score (nSPS) is 17.7. The van der Waals surface area contributed by atoms with E-state index >= 15 is 0 Å². The third-order valence-electron chi connectivity index (χ3n) is 4.60. The van der Waals surface area contributed by atoms with Crippen LogP contribution in [-0.2, 0) is 6.54 Å². The van der Waals surface area contributed by atoms with E-state index in [0.717, 1.165) is 42.8 Å². The zero-order valence-electron chi connectivity index (χ0n) is 13.8. The van der Waals surface area contributed by atoms with Crippen LogP contribution in [-0.4, -0.2) is 52.8 Å². The van der Waals surface area contributed by atoms with Crippen LogP contribution in [0.4, 0.5) is 13.2 Å². The van der Waals surface area contributed by atoms with Crippen molar-refractivity contribution < 1.29 is 13.2 Å². The number of imidazole rings is 1. The first-order valence-corrected chi connectivity index (χ1v) is 8.37. The van der Waals surface area contributed by atoms with Gasteiger partial charge in [-0.3, -0.25) is 4.90 Å². The Kier molecular flexibility index (Phi) is 5.10. The van der Waals surface area contributed by atoms with E-state index in [-0.39, 0.29) is 0 Å². The summed E-state index contributed by atoms with van der Waals surface area (Å²) in [5.74, 6) is 0.984. The summed E-state index contributed by atoms with van der Waals surface area (Å²) in [7, 11) is 0. The molecule has 0 saturated carbocycles. The number of aromatic nitrogens is 2. The molecule has 1 aliphatic heterocycles. The van der Waals surface area contributed by atoms with Gasteiger partial charge in [0.05, 0.1) is 17.6 Å². The molecule has 132 valence electrons. The van der Waals surface area contributed by atoms with Crippen LogP contribution in [0.5, 0.6) is 0 Å². The number of fused-ring (bicyclic) bond motifs is 1. The van der Waals surface area contributed by atoms with Crippen LogP contribution in [0.15, 0.2) is 24.3 Å². The minimum absolute atomic E-state index is 0.296. The van der Waals surface area contributed by atoms with Gasteiger partial charge in [-0.2, -0.15) is 13.2 Å². The zero-order chi connectivity index (χ0) is 17.2. The van der Waals surface area contributed by atoms with Gasteiger partial charge in [0, 0.05) is 19.1 Å². The number of aryl methyl sites for hydroxylation is 1. The van der Waals surface area contributed by atoms with Gasteiger partial charge in [-0.25, -0.2) is 4.98 Å². The smallest absolute Gasteiger partial charge is 0.327 e. The number of likely N-dealkylation sites (tertiary alicyclic amines) is 1. The van der Waals surface area contributed by atoms with Crippen LogP contribution in [0.1, 0.15) is 18.7 Å². The molecule has 7 heteroatoms. The predicted octanol–water partition coefficient (Wildman–Crippen LogP) is 2.96. The summed E-state index contributed by atoms with van der Waals surface area (Å²) in [4.78, 5) is 6.04. The van der Waals surface area contributed by atoms with Gasteiger partial charge in [0.2, 0.25) is 0 Å². The Balaban J connectivity index is 1.47. The Bertz CT molecular complexity index is 672. The molecule has 1 fully saturated rings. The average molecular weight is 340 g/mol. The first kappa shape index (κ1) is 17.2. The number of hydrogen-bond donors (Lipinski definition) is 1. The van der Waals surface area contributed by atoms with Crippen LogP contribution in [0.3, 0.4) is 0 Å². The van der Waals surface area contributed by atoms with E-state index in [4.69, 9.17) is 0 Å². The van der Waals surface area contributed by atoms with Crippen molar-refractivity contribution in [3.63, 3.8) is 0 Å². The zero-order valence-corrected chi connectivity index (χ0v) is 13.8. The highest BCUT2D eigenvalue weighted by molar-refractivity contribution is 5.75. The number of piperidine rings is 1. The molecule has 2 aromatic rings. The molecule has 0 atom stereocenters. The molecule has 1 saturated heterocycles. The van der Waals surface area contributed by atoms with Crippen molar-refractivity contribution in [1.29, 1.82) is 0 Å². The van der Waals surface area contributed by atoms with E-state index in [1.807, 2.05) is 25.1 Å². The predicted molar refractivity (Wildman–Crippen MR) is 88.0 cm³/mol. The lowest BCUT2D eigenvalue weighted by Gasteiger charge is -2.32. The summed E-state index contributed by atoms with van der Waals surface area (Å²) >= 11 is 0. The second-order valence-corrected chi connectivity index (χ2v) is 6.42. The summed E-state index contributed by atoms with van der Waals surface area (Å²) in [6, 6.07) is 8.34. The molecule has 0 spiro atoms. The van der Waals surface area contributed by atoms with Gasteiger partial charge < -0.3 is 9.88 Å². The summed E-state index contributed by atoms with van der Waals surface area (Å²) in [5, 5.41) is 3.48. The van der Waals surface area contributed by atoms with Crippen LogP contribution < -0.4 is 5.32 Å². The summed E-state index contributed by atoms with van der Waals surface area (Å²) < 4.78 is 39.4. The Morgan fingerprint density at radius 2 is 1.92 bits per heavy atom. The van der Waals surface area contributed by atoms with E-state index in [1.54, 1.807) is 0 Å². The average Bonchev–Trinajstić information content (AvgIpc) is 2.83. The summed E-state index contributed by atoms with van der Waals surface area (Å²) in [6.45, 7) is 3.82. The van der Waals surface area contributed by atoms with Gasteiger partial charge in [0.25, 0.3) is 0 Å². The Labute approximate surface area is 139 Å². The molecule has 24 heavy (non-hydrogen) atoms. The lowest BCUT2D eigenvalue weighted by atomic mass is 10.1. The van der Waals surface area contributed by atoms with Crippen molar-refractivity contribution in [1.82, 2.24) is 19.8 Å². The molecule has 0 unspecified atom stereocenters. The fourth-order valence-electron chi connectivity index (χ4n) is 3.41. The Morgan fingerprint density at radius 1 is 1.21 bits per heavy atom. The lowest BCUT2D eigenvalue weighted by Crippen LogP contribution is -2.46. The number of benzene rings is 1. The molecular weight excluding hydrogens is 317 g/mol. The number of rotatable bonds is 5. The summed E-state index contributed by atoms with van der Waals surface area (Å²) in [6.07, 6.45) is -2.57. The van der Waals surface area contributed by atoms with Gasteiger partial charge in [-0.15, -0.1) is 0 Å². The molecule has 0 aliphatic carbocycles. The van der Waals surface area contributed by atoms with Crippen molar-refractivity contribution in [3.05, 3.63) is 30.1 Å². The van der Waals surface area contributed by atoms with Crippen molar-refractivity contribution >= 4 is 11.0 Å². The van der Waals surface area contributed by atoms with Gasteiger partial charge in [0.15, 0.2) is 0 Å². The Hall–Kier alpha value is -1.60. The minimum Gasteiger partial charge on any atom is -0.327 e. The molecule has 1 N–H and O–H groups in total. The second kappa shape index (κ2) is 7.11. The van der Waals surface area contributed by atoms with Crippen LogP contribution in [0.2, 0.25) is 0 Å². The number of alkyl halides is 3. The first-order chi connectivity index (χ1) is 11.4. The minimum atomic E-state index is -4.10. The van der Waals surface area contributed by atoms with Gasteiger partial charge in [-0.05, 0) is 45.0 Å². The summed E-state index contributed by atoms with van der Waals surface area (Å²) in [5.41, 5.74) is 2.12. The quantitative estimate of drug-likeness (QED) is 0.908. The topological polar surface area (TPSA) is 33.1 Å². The number of nitrogens with one attached hydrogen (secondary N) is 1. The third kappa shape index (κ3) is 4.27. The lowest BCUT2D eigenvalue weighted by molar-refractivity contribution is -0.148. The SMILES string of the molecule is Cc1nc2ccccc2n1CCNC1CCN(CC(F)(F)F)CC1. The first-order valence-electron chi connectivity index (χ1n) is 8.37. The monoisotopic (exact) mass is 340 g/mol. The van der Waals surface area contributed by atoms with Gasteiger partial charge in [0.1, 0.15) is 5.82 Å². The largest absolute Gasteiger partial charge is 0.401 e. The maximum Gasteiger partial charge on any atom is 0.401 e. The highest BCUT2D eigenvalue weighted by atomic mass is 19.4. The van der Waals surface area contributed by atoms with E-state index in [0.29, 0.717) is 19.1 Å². The highest BCUT2D eigenvalue weighted by Crippen LogP contribution is 2.20. The Morgan fingerprint density at radius 3 is 2.62 bits per heavy atom. The van der Waals surface area contributed by atoms with Crippen molar-refractivity contribution in [2.24, 2.45) is 0 Å². The van der Waals surface area contributed by atoms with Crippen molar-refractivity contribution in [2.75, 3.05) is 26.2 Å². The highest BCUT2D eigenvalue weighted by Gasteiger charge is 2.32. The number of nitrogens with zero attached hydrogens (tertiary/aromatic N) is 3. The molecule has 0 bridgehead atoms. The van der Waals surface area contributed by atoms with Gasteiger partial charge in [-0.1, -0.05) is 12.1 Å². The fourth-order valence-corrected chi connectivity index (χ4v) is 3.41. The van der Waals surface area contributed by atoms with Crippen molar-refractivity contribution in [3.8, 4) is 0 Å². The van der Waals surface area contributed by atoms with Crippen molar-refractivity contribution in [2.45, 2.75) is 38.5 Å². The molecule has 2 heterocycles. The van der Waals surface area contributed by atoms with Crippen LogP contribution in [0.25, 0.3) is 11.0 Å². The molecule has 1 aromatic heterocycles. The third-order valence-corrected chi connectivity index (χ3v) is 4.60. The molecule has 4 nitrogen and oxygen atoms in total. The maximum absolute atomic E-state index is 12.4. The van der Waals surface area contributed by atoms with Crippen LogP contribution in [0, 0.1) is 6.92 Å². The van der Waals surface area contributed by atoms with E-state index in [9.17, 15) is 13.2 Å².